The monoisotopic (exact) mass is 393 g/mol. The highest BCUT2D eigenvalue weighted by molar-refractivity contribution is 5.27. The highest BCUT2D eigenvalue weighted by atomic mass is 16.5. The Kier molecular flexibility index (Phi) is 6.22. The van der Waals surface area contributed by atoms with Crippen LogP contribution in [0.2, 0.25) is 0 Å². The first-order chi connectivity index (χ1) is 14.2. The summed E-state index contributed by atoms with van der Waals surface area (Å²) in [6.07, 6.45) is 3.93. The molecule has 1 aliphatic rings. The smallest absolute Gasteiger partial charge is 0.231 e. The topological polar surface area (TPSA) is 82.6 Å². The minimum Gasteiger partial charge on any atom is -0.508 e. The Morgan fingerprint density at radius 2 is 1.69 bits per heavy atom. The lowest BCUT2D eigenvalue weighted by Crippen LogP contribution is -2.38. The normalized spacial score (nSPS) is 19.5. The van der Waals surface area contributed by atoms with Gasteiger partial charge in [-0.15, -0.1) is 0 Å². The summed E-state index contributed by atoms with van der Waals surface area (Å²) in [4.78, 5) is 6.93. The highest BCUT2D eigenvalue weighted by Crippen LogP contribution is 2.26. The number of phenolic OH excluding ortho intramolecular Hbond substituents is 1. The molecule has 0 spiro atoms. The van der Waals surface area contributed by atoms with Crippen LogP contribution in [0, 0.1) is 0 Å². The fraction of sp³-hybridized carbons (Fsp3) is 0.391. The van der Waals surface area contributed by atoms with Gasteiger partial charge in [-0.1, -0.05) is 47.6 Å². The molecule has 1 heterocycles. The van der Waals surface area contributed by atoms with Gasteiger partial charge in [0.2, 0.25) is 5.89 Å². The van der Waals surface area contributed by atoms with Crippen molar-refractivity contribution in [3.63, 3.8) is 0 Å². The molecule has 0 bridgehead atoms. The third kappa shape index (κ3) is 5.43. The van der Waals surface area contributed by atoms with Crippen molar-refractivity contribution in [1.82, 2.24) is 15.0 Å². The maximum absolute atomic E-state index is 9.88. The zero-order valence-electron chi connectivity index (χ0n) is 16.4. The minimum absolute atomic E-state index is 0.198. The molecule has 0 saturated heterocycles. The van der Waals surface area contributed by atoms with Crippen molar-refractivity contribution in [3.05, 3.63) is 77.4 Å². The molecule has 6 nitrogen and oxygen atoms in total. The number of aromatic hydroxyl groups is 1. The van der Waals surface area contributed by atoms with Gasteiger partial charge in [0, 0.05) is 12.6 Å². The number of phenols is 1. The quantitative estimate of drug-likeness (QED) is 0.637. The van der Waals surface area contributed by atoms with Crippen molar-refractivity contribution >= 4 is 0 Å². The second-order valence-corrected chi connectivity index (χ2v) is 7.80. The van der Waals surface area contributed by atoms with Crippen molar-refractivity contribution in [2.24, 2.45) is 0 Å². The lowest BCUT2D eigenvalue weighted by atomic mass is 9.91. The lowest BCUT2D eigenvalue weighted by molar-refractivity contribution is 0.0649. The number of hydrogen-bond acceptors (Lipinski definition) is 6. The summed E-state index contributed by atoms with van der Waals surface area (Å²) < 4.78 is 5.48. The van der Waals surface area contributed by atoms with Crippen LogP contribution in [0.1, 0.15) is 48.5 Å². The highest BCUT2D eigenvalue weighted by Gasteiger charge is 2.26. The van der Waals surface area contributed by atoms with E-state index in [1.165, 1.54) is 0 Å². The van der Waals surface area contributed by atoms with Gasteiger partial charge in [0.05, 0.1) is 19.1 Å². The number of aliphatic hydroxyl groups excluding tert-OH is 1. The Morgan fingerprint density at radius 3 is 2.45 bits per heavy atom. The summed E-state index contributed by atoms with van der Waals surface area (Å²) in [7, 11) is 0. The van der Waals surface area contributed by atoms with Crippen LogP contribution in [0.3, 0.4) is 0 Å². The van der Waals surface area contributed by atoms with Crippen molar-refractivity contribution < 1.29 is 14.7 Å². The van der Waals surface area contributed by atoms with E-state index >= 15 is 0 Å². The Hall–Kier alpha value is -2.70. The van der Waals surface area contributed by atoms with E-state index in [2.05, 4.69) is 15.0 Å². The van der Waals surface area contributed by atoms with Crippen molar-refractivity contribution in [2.45, 2.75) is 57.3 Å². The van der Waals surface area contributed by atoms with E-state index in [1.54, 1.807) is 12.1 Å². The van der Waals surface area contributed by atoms with Crippen LogP contribution in [0.4, 0.5) is 0 Å². The molecule has 0 atom stereocenters. The van der Waals surface area contributed by atoms with Gasteiger partial charge in [-0.05, 0) is 48.9 Å². The fourth-order valence-electron chi connectivity index (χ4n) is 4.01. The molecule has 0 aliphatic heterocycles. The summed E-state index contributed by atoms with van der Waals surface area (Å²) in [6.45, 7) is 1.27. The minimum atomic E-state index is -0.198. The Bertz CT molecular complexity index is 904. The molecule has 1 aliphatic carbocycles. The molecule has 1 fully saturated rings. The molecule has 2 N–H and O–H groups in total. The molecule has 2 aromatic carbocycles. The summed E-state index contributed by atoms with van der Waals surface area (Å²) in [6, 6.07) is 17.8. The SMILES string of the molecule is Oc1cccc(CN(Cc2noc(Cc3ccccc3)n2)C2CCC(O)CC2)c1. The van der Waals surface area contributed by atoms with E-state index < -0.39 is 0 Å². The largest absolute Gasteiger partial charge is 0.508 e. The average Bonchev–Trinajstić information content (AvgIpc) is 3.16. The average molecular weight is 393 g/mol. The molecular weight excluding hydrogens is 366 g/mol. The molecule has 0 amide bonds. The molecule has 1 saturated carbocycles. The van der Waals surface area contributed by atoms with Crippen molar-refractivity contribution in [1.29, 1.82) is 0 Å². The van der Waals surface area contributed by atoms with E-state index in [0.717, 1.165) is 36.8 Å². The molecule has 0 unspecified atom stereocenters. The predicted octanol–water partition coefficient (Wildman–Crippen LogP) is 3.67. The number of hydrogen-bond donors (Lipinski definition) is 2. The van der Waals surface area contributed by atoms with Gasteiger partial charge in [0.15, 0.2) is 5.82 Å². The second kappa shape index (κ2) is 9.20. The fourth-order valence-corrected chi connectivity index (χ4v) is 4.01. The molecule has 0 radical (unpaired) electrons. The van der Waals surface area contributed by atoms with Gasteiger partial charge in [0.1, 0.15) is 5.75 Å². The van der Waals surface area contributed by atoms with Crippen LogP contribution < -0.4 is 0 Å². The molecule has 152 valence electrons. The first kappa shape index (κ1) is 19.6. The van der Waals surface area contributed by atoms with Gasteiger partial charge < -0.3 is 14.7 Å². The molecule has 3 aromatic rings. The van der Waals surface area contributed by atoms with Crippen LogP contribution >= 0.6 is 0 Å². The van der Waals surface area contributed by atoms with E-state index in [4.69, 9.17) is 4.52 Å². The van der Waals surface area contributed by atoms with Crippen LogP contribution in [-0.2, 0) is 19.5 Å². The summed E-state index contributed by atoms with van der Waals surface area (Å²) in [5.74, 6) is 1.55. The summed E-state index contributed by atoms with van der Waals surface area (Å²) >= 11 is 0. The maximum atomic E-state index is 9.88. The maximum Gasteiger partial charge on any atom is 0.231 e. The Morgan fingerprint density at radius 1 is 0.931 bits per heavy atom. The van der Waals surface area contributed by atoms with Gasteiger partial charge in [-0.3, -0.25) is 4.90 Å². The number of aliphatic hydroxyl groups is 1. The second-order valence-electron chi connectivity index (χ2n) is 7.80. The lowest BCUT2D eigenvalue weighted by Gasteiger charge is -2.35. The Balaban J connectivity index is 1.47. The Labute approximate surface area is 170 Å². The van der Waals surface area contributed by atoms with E-state index in [-0.39, 0.29) is 11.9 Å². The summed E-state index contributed by atoms with van der Waals surface area (Å²) in [5.41, 5.74) is 2.18. The van der Waals surface area contributed by atoms with Gasteiger partial charge in [-0.2, -0.15) is 4.98 Å². The molecule has 6 heteroatoms. The predicted molar refractivity (Wildman–Crippen MR) is 109 cm³/mol. The standard InChI is InChI=1S/C23H27N3O3/c27-20-11-9-19(10-12-20)26(15-18-7-4-8-21(28)13-18)16-22-24-23(29-25-22)14-17-5-2-1-3-6-17/h1-8,13,19-20,27-28H,9-12,14-16H2. The first-order valence-corrected chi connectivity index (χ1v) is 10.2. The number of rotatable bonds is 7. The zero-order chi connectivity index (χ0) is 20.1. The third-order valence-electron chi connectivity index (χ3n) is 5.53. The van der Waals surface area contributed by atoms with Crippen LogP contribution in [0.25, 0.3) is 0 Å². The van der Waals surface area contributed by atoms with Crippen molar-refractivity contribution in [3.8, 4) is 5.75 Å². The van der Waals surface area contributed by atoms with Crippen LogP contribution in [0.5, 0.6) is 5.75 Å². The molecule has 29 heavy (non-hydrogen) atoms. The summed E-state index contributed by atoms with van der Waals surface area (Å²) in [5, 5.41) is 23.9. The van der Waals surface area contributed by atoms with Crippen molar-refractivity contribution in [2.75, 3.05) is 0 Å². The van der Waals surface area contributed by atoms with Gasteiger partial charge in [0.25, 0.3) is 0 Å². The van der Waals surface area contributed by atoms with E-state index in [0.29, 0.717) is 37.3 Å². The zero-order valence-corrected chi connectivity index (χ0v) is 16.4. The molecular formula is C23H27N3O3. The van der Waals surface area contributed by atoms with Gasteiger partial charge in [-0.25, -0.2) is 0 Å². The molecule has 1 aromatic heterocycles. The van der Waals surface area contributed by atoms with E-state index in [9.17, 15) is 10.2 Å². The third-order valence-corrected chi connectivity index (χ3v) is 5.53. The number of aromatic nitrogens is 2. The molecule has 4 rings (SSSR count). The van der Waals surface area contributed by atoms with Crippen LogP contribution in [0.15, 0.2) is 59.1 Å². The first-order valence-electron chi connectivity index (χ1n) is 10.2. The van der Waals surface area contributed by atoms with Gasteiger partial charge >= 0.3 is 0 Å². The van der Waals surface area contributed by atoms with Crippen LogP contribution in [-0.4, -0.2) is 37.4 Å². The van der Waals surface area contributed by atoms with E-state index in [1.807, 2.05) is 42.5 Å². The number of benzene rings is 2. The number of nitrogens with zero attached hydrogens (tertiary/aromatic N) is 3.